The minimum atomic E-state index is -0.456. The van der Waals surface area contributed by atoms with Gasteiger partial charge in [-0.15, -0.1) is 10.2 Å². The second-order valence-electron chi connectivity index (χ2n) is 8.64. The largest absolute Gasteiger partial charge is 0.507 e. The highest BCUT2D eigenvalue weighted by molar-refractivity contribution is 5.74. The molecule has 2 aromatic heterocycles. The van der Waals surface area contributed by atoms with Gasteiger partial charge in [0.25, 0.3) is 0 Å². The predicted molar refractivity (Wildman–Crippen MR) is 119 cm³/mol. The minimum absolute atomic E-state index is 0.0541. The Balaban J connectivity index is 1.56. The van der Waals surface area contributed by atoms with E-state index in [2.05, 4.69) is 37.5 Å². The summed E-state index contributed by atoms with van der Waals surface area (Å²) >= 11 is 0. The van der Waals surface area contributed by atoms with Gasteiger partial charge in [-0.3, -0.25) is 5.10 Å². The molecule has 0 amide bonds. The van der Waals surface area contributed by atoms with E-state index < -0.39 is 5.82 Å². The summed E-state index contributed by atoms with van der Waals surface area (Å²) in [4.78, 5) is 2.18. The molecule has 3 aromatic rings. The van der Waals surface area contributed by atoms with Crippen LogP contribution < -0.4 is 10.2 Å². The molecule has 0 aliphatic heterocycles. The van der Waals surface area contributed by atoms with Crippen LogP contribution in [-0.4, -0.2) is 51.2 Å². The van der Waals surface area contributed by atoms with Crippen molar-refractivity contribution < 1.29 is 9.50 Å². The van der Waals surface area contributed by atoms with Crippen molar-refractivity contribution in [1.29, 1.82) is 0 Å². The highest BCUT2D eigenvalue weighted by atomic mass is 19.1. The molecule has 31 heavy (non-hydrogen) atoms. The summed E-state index contributed by atoms with van der Waals surface area (Å²) in [6.45, 7) is 2.28. The average Bonchev–Trinajstić information content (AvgIpc) is 3.24. The van der Waals surface area contributed by atoms with Gasteiger partial charge in [0, 0.05) is 41.5 Å². The molecule has 0 saturated heterocycles. The van der Waals surface area contributed by atoms with Gasteiger partial charge in [0.15, 0.2) is 5.82 Å². The number of benzene rings is 1. The minimum Gasteiger partial charge on any atom is -0.507 e. The number of hydrogen-bond donors (Lipinski definition) is 3. The number of nitrogens with zero attached hydrogens (tertiary/aromatic N) is 4. The van der Waals surface area contributed by atoms with Gasteiger partial charge in [-0.1, -0.05) is 12.8 Å². The molecule has 0 radical (unpaired) electrons. The van der Waals surface area contributed by atoms with E-state index >= 15 is 0 Å². The number of anilines is 1. The van der Waals surface area contributed by atoms with Crippen molar-refractivity contribution in [2.45, 2.75) is 50.6 Å². The van der Waals surface area contributed by atoms with Crippen molar-refractivity contribution in [2.75, 3.05) is 19.0 Å². The fourth-order valence-electron chi connectivity index (χ4n) is 4.41. The van der Waals surface area contributed by atoms with Crippen molar-refractivity contribution in [3.63, 3.8) is 0 Å². The maximum atomic E-state index is 14.7. The number of rotatable bonds is 5. The summed E-state index contributed by atoms with van der Waals surface area (Å²) in [5, 5.41) is 29.1. The maximum absolute atomic E-state index is 14.7. The fourth-order valence-corrected chi connectivity index (χ4v) is 4.41. The highest BCUT2D eigenvalue weighted by Gasteiger charge is 2.31. The van der Waals surface area contributed by atoms with Crippen LogP contribution in [0.4, 0.5) is 10.2 Å². The number of nitrogens with one attached hydrogen (secondary N) is 2. The van der Waals surface area contributed by atoms with Gasteiger partial charge >= 0.3 is 0 Å². The lowest BCUT2D eigenvalue weighted by atomic mass is 9.90. The molecule has 7 nitrogen and oxygen atoms in total. The molecule has 0 spiro atoms. The Morgan fingerprint density at radius 2 is 2.06 bits per heavy atom. The zero-order chi connectivity index (χ0) is 22.0. The van der Waals surface area contributed by atoms with Crippen LogP contribution in [0.1, 0.15) is 39.0 Å². The normalized spacial score (nSPS) is 21.6. The van der Waals surface area contributed by atoms with Gasteiger partial charge in [-0.25, -0.2) is 4.39 Å². The van der Waals surface area contributed by atoms with Gasteiger partial charge in [0.05, 0.1) is 11.9 Å². The molecular weight excluding hydrogens is 395 g/mol. The number of aromatic hydroxyl groups is 1. The van der Waals surface area contributed by atoms with Crippen molar-refractivity contribution in [1.82, 2.24) is 25.7 Å². The first-order valence-electron chi connectivity index (χ1n) is 10.7. The third-order valence-electron chi connectivity index (χ3n) is 6.54. The van der Waals surface area contributed by atoms with E-state index in [4.69, 9.17) is 0 Å². The number of H-pyrrole nitrogens is 1. The third-order valence-corrected chi connectivity index (χ3v) is 6.54. The van der Waals surface area contributed by atoms with Crippen LogP contribution in [0.25, 0.3) is 22.4 Å². The Kier molecular flexibility index (Phi) is 5.91. The Morgan fingerprint density at radius 1 is 1.23 bits per heavy atom. The number of phenols is 1. The summed E-state index contributed by atoms with van der Waals surface area (Å²) in [7, 11) is 4.08. The van der Waals surface area contributed by atoms with E-state index in [0.29, 0.717) is 22.9 Å². The predicted octanol–water partition coefficient (Wildman–Crippen LogP) is 4.13. The standard InChI is InChI=1S/C23H29FN6O/c1-23(25-2)9-5-4-6-16(12-23)30(3)22-8-7-20(28-29-22)18-10-19(24)17(11-21(18)31)15-13-26-27-14-15/h7-8,10-11,13-14,16,25,31H,4-6,9,12H2,1-3H3,(H,26,27)/t16-,23+/m0/s1. The van der Waals surface area contributed by atoms with Crippen molar-refractivity contribution in [3.05, 3.63) is 42.5 Å². The lowest BCUT2D eigenvalue weighted by Gasteiger charge is -2.35. The van der Waals surface area contributed by atoms with E-state index in [9.17, 15) is 9.50 Å². The SMILES string of the molecule is CN[C@]1(C)CCCC[C@H](N(C)c2ccc(-c3cc(F)c(-c4cn[nH]c4)cc3O)nn2)C1. The zero-order valence-corrected chi connectivity index (χ0v) is 18.2. The van der Waals surface area contributed by atoms with Crippen LogP contribution in [-0.2, 0) is 0 Å². The Bertz CT molecular complexity index is 1020. The molecule has 4 rings (SSSR count). The van der Waals surface area contributed by atoms with Gasteiger partial charge in [0.1, 0.15) is 11.6 Å². The topological polar surface area (TPSA) is 90.0 Å². The van der Waals surface area contributed by atoms with Crippen molar-refractivity contribution in [2.24, 2.45) is 0 Å². The number of hydrogen-bond acceptors (Lipinski definition) is 6. The summed E-state index contributed by atoms with van der Waals surface area (Å²) in [5.41, 5.74) is 1.69. The molecule has 0 bridgehead atoms. The quantitative estimate of drug-likeness (QED) is 0.534. The molecule has 164 valence electrons. The Hall–Kier alpha value is -3.00. The number of phenolic OH excluding ortho intramolecular Hbond substituents is 1. The number of halogens is 1. The summed E-state index contributed by atoms with van der Waals surface area (Å²) < 4.78 is 14.7. The van der Waals surface area contributed by atoms with E-state index in [-0.39, 0.29) is 16.9 Å². The zero-order valence-electron chi connectivity index (χ0n) is 18.2. The lowest BCUT2D eigenvalue weighted by molar-refractivity contribution is 0.319. The van der Waals surface area contributed by atoms with Crippen molar-refractivity contribution in [3.8, 4) is 28.1 Å². The molecule has 1 aromatic carbocycles. The maximum Gasteiger partial charge on any atom is 0.151 e. The molecular formula is C23H29FN6O. The number of aromatic nitrogens is 4. The third kappa shape index (κ3) is 4.39. The number of aromatic amines is 1. The summed E-state index contributed by atoms with van der Waals surface area (Å²) in [6, 6.07) is 6.69. The molecule has 0 unspecified atom stereocenters. The van der Waals surface area contributed by atoms with Crippen LogP contribution in [0.5, 0.6) is 5.75 Å². The fraction of sp³-hybridized carbons (Fsp3) is 0.435. The van der Waals surface area contributed by atoms with Crippen LogP contribution in [0.2, 0.25) is 0 Å². The molecule has 8 heteroatoms. The van der Waals surface area contributed by atoms with Crippen LogP contribution >= 0.6 is 0 Å². The second-order valence-corrected chi connectivity index (χ2v) is 8.64. The Labute approximate surface area is 181 Å². The summed E-state index contributed by atoms with van der Waals surface area (Å²) in [6.07, 6.45) is 8.80. The molecule has 1 aliphatic rings. The molecule has 1 aliphatic carbocycles. The van der Waals surface area contributed by atoms with E-state index in [0.717, 1.165) is 25.1 Å². The van der Waals surface area contributed by atoms with Gasteiger partial charge in [0.2, 0.25) is 0 Å². The Morgan fingerprint density at radius 3 is 2.74 bits per heavy atom. The smallest absolute Gasteiger partial charge is 0.151 e. The average molecular weight is 425 g/mol. The first-order chi connectivity index (χ1) is 14.9. The molecule has 1 fully saturated rings. The van der Waals surface area contributed by atoms with Crippen molar-refractivity contribution >= 4 is 5.82 Å². The first-order valence-corrected chi connectivity index (χ1v) is 10.7. The van der Waals surface area contributed by atoms with E-state index in [1.54, 1.807) is 12.3 Å². The van der Waals surface area contributed by atoms with Crippen LogP contribution in [0, 0.1) is 5.82 Å². The molecule has 1 saturated carbocycles. The lowest BCUT2D eigenvalue weighted by Crippen LogP contribution is -2.45. The molecule has 3 N–H and O–H groups in total. The highest BCUT2D eigenvalue weighted by Crippen LogP contribution is 2.35. The first kappa shape index (κ1) is 21.2. The van der Waals surface area contributed by atoms with Gasteiger partial charge in [-0.2, -0.15) is 5.10 Å². The summed E-state index contributed by atoms with van der Waals surface area (Å²) in [5.74, 6) is 0.257. The second kappa shape index (κ2) is 8.63. The molecule has 2 atom stereocenters. The van der Waals surface area contributed by atoms with Crippen LogP contribution in [0.15, 0.2) is 36.7 Å². The van der Waals surface area contributed by atoms with Gasteiger partial charge in [-0.05, 0) is 57.5 Å². The van der Waals surface area contributed by atoms with Gasteiger partial charge < -0.3 is 15.3 Å². The van der Waals surface area contributed by atoms with Crippen LogP contribution in [0.3, 0.4) is 0 Å². The monoisotopic (exact) mass is 424 g/mol. The van der Waals surface area contributed by atoms with E-state index in [1.165, 1.54) is 31.2 Å². The van der Waals surface area contributed by atoms with E-state index in [1.807, 2.05) is 20.2 Å². The molecule has 2 heterocycles.